The zero-order chi connectivity index (χ0) is 19.2. The van der Waals surface area contributed by atoms with Crippen molar-refractivity contribution in [2.24, 2.45) is 0 Å². The Hall–Kier alpha value is -2.45. The average Bonchev–Trinajstić information content (AvgIpc) is 3.31. The topological polar surface area (TPSA) is 89.4 Å². The number of nitrogens with zero attached hydrogens (tertiary/aromatic N) is 4. The predicted molar refractivity (Wildman–Crippen MR) is 98.8 cm³/mol. The predicted octanol–water partition coefficient (Wildman–Crippen LogP) is 1.39. The van der Waals surface area contributed by atoms with Crippen LogP contribution in [-0.2, 0) is 34.0 Å². The van der Waals surface area contributed by atoms with Gasteiger partial charge in [-0.1, -0.05) is 28.9 Å². The maximum absolute atomic E-state index is 12.6. The number of hydrogen-bond acceptors (Lipinski definition) is 5. The van der Waals surface area contributed by atoms with Crippen molar-refractivity contribution in [3.8, 4) is 0 Å². The average molecular weight is 392 g/mol. The van der Waals surface area contributed by atoms with E-state index in [1.54, 1.807) is 30.3 Å². The number of likely N-dealkylation sites (tertiary alicyclic amines) is 1. The normalized spacial score (nSPS) is 16.5. The van der Waals surface area contributed by atoms with E-state index in [1.807, 2.05) is 12.1 Å². The molecule has 27 heavy (non-hydrogen) atoms. The fraction of sp³-hybridized carbons (Fsp3) is 0.444. The molecule has 0 unspecified atom stereocenters. The minimum atomic E-state index is -0.452. The van der Waals surface area contributed by atoms with Gasteiger partial charge in [0.25, 0.3) is 0 Å². The van der Waals surface area contributed by atoms with Gasteiger partial charge in [0.05, 0.1) is 12.8 Å². The van der Waals surface area contributed by atoms with Crippen molar-refractivity contribution >= 4 is 23.4 Å². The first-order valence-corrected chi connectivity index (χ1v) is 9.14. The Morgan fingerprint density at radius 2 is 2.11 bits per heavy atom. The molecule has 1 aromatic heterocycles. The molecule has 2 heterocycles. The van der Waals surface area contributed by atoms with Crippen LogP contribution in [0.15, 0.2) is 30.5 Å². The number of carbonyl (C=O) groups is 2. The lowest BCUT2D eigenvalue weighted by Crippen LogP contribution is -2.46. The molecule has 1 aromatic carbocycles. The molecule has 3 rings (SSSR count). The van der Waals surface area contributed by atoms with Crippen LogP contribution in [0.2, 0.25) is 5.02 Å². The molecule has 1 N–H and O–H groups in total. The van der Waals surface area contributed by atoms with Crippen LogP contribution < -0.4 is 5.32 Å². The van der Waals surface area contributed by atoms with E-state index in [0.717, 1.165) is 12.0 Å². The number of nitrogens with one attached hydrogen (secondary N) is 1. The van der Waals surface area contributed by atoms with Crippen LogP contribution in [-0.4, -0.2) is 51.4 Å². The molecular weight excluding hydrogens is 370 g/mol. The van der Waals surface area contributed by atoms with Crippen LogP contribution in [0.25, 0.3) is 0 Å². The van der Waals surface area contributed by atoms with Crippen LogP contribution in [0, 0.1) is 0 Å². The third-order valence-electron chi connectivity index (χ3n) is 4.43. The highest BCUT2D eigenvalue weighted by atomic mass is 35.5. The van der Waals surface area contributed by atoms with Gasteiger partial charge in [0.1, 0.15) is 18.3 Å². The number of halogens is 1. The second kappa shape index (κ2) is 8.96. The summed E-state index contributed by atoms with van der Waals surface area (Å²) in [6, 6.07) is 6.84. The van der Waals surface area contributed by atoms with Gasteiger partial charge in [0, 0.05) is 25.2 Å². The number of ether oxygens (including phenoxy) is 1. The quantitative estimate of drug-likeness (QED) is 0.770. The summed E-state index contributed by atoms with van der Waals surface area (Å²) in [6.45, 7) is 1.36. The molecule has 9 heteroatoms. The van der Waals surface area contributed by atoms with E-state index < -0.39 is 6.04 Å². The summed E-state index contributed by atoms with van der Waals surface area (Å²) in [5, 5.41) is 11.4. The molecule has 0 aliphatic carbocycles. The Balaban J connectivity index is 1.55. The van der Waals surface area contributed by atoms with Gasteiger partial charge < -0.3 is 15.0 Å². The monoisotopic (exact) mass is 391 g/mol. The number of carbonyl (C=O) groups excluding carboxylic acids is 2. The largest absolute Gasteiger partial charge is 0.378 e. The Morgan fingerprint density at radius 1 is 1.33 bits per heavy atom. The SMILES string of the molecule is COCc1cn(CC(=O)N2CCC[C@H]2C(=O)NCc2ccc(Cl)cc2)nn1. The van der Waals surface area contributed by atoms with Gasteiger partial charge in [-0.2, -0.15) is 0 Å². The standard InChI is InChI=1S/C18H22ClN5O3/c1-27-12-15-10-23(22-21-15)11-17(25)24-8-2-3-16(24)18(26)20-9-13-4-6-14(19)7-5-13/h4-7,10,16H,2-3,8-9,11-12H2,1H3,(H,20,26)/t16-/m0/s1. The van der Waals surface area contributed by atoms with Crippen LogP contribution >= 0.6 is 11.6 Å². The van der Waals surface area contributed by atoms with Crippen molar-refractivity contribution in [3.63, 3.8) is 0 Å². The van der Waals surface area contributed by atoms with Crippen molar-refractivity contribution in [2.45, 2.75) is 38.6 Å². The fourth-order valence-corrected chi connectivity index (χ4v) is 3.23. The van der Waals surface area contributed by atoms with Crippen LogP contribution in [0.5, 0.6) is 0 Å². The highest BCUT2D eigenvalue weighted by Crippen LogP contribution is 2.18. The van der Waals surface area contributed by atoms with Crippen LogP contribution in [0.3, 0.4) is 0 Å². The maximum Gasteiger partial charge on any atom is 0.245 e. The molecule has 8 nitrogen and oxygen atoms in total. The van der Waals surface area contributed by atoms with Gasteiger partial charge >= 0.3 is 0 Å². The zero-order valence-electron chi connectivity index (χ0n) is 15.1. The number of rotatable bonds is 7. The Kier molecular flexibility index (Phi) is 6.41. The molecule has 1 aliphatic rings. The number of methoxy groups -OCH3 is 1. The summed E-state index contributed by atoms with van der Waals surface area (Å²) >= 11 is 5.87. The molecule has 0 radical (unpaired) electrons. The molecule has 1 fully saturated rings. The van der Waals surface area contributed by atoms with Gasteiger partial charge in [-0.25, -0.2) is 4.68 Å². The zero-order valence-corrected chi connectivity index (χ0v) is 15.9. The Morgan fingerprint density at radius 3 is 2.85 bits per heavy atom. The maximum atomic E-state index is 12.6. The molecule has 2 amide bonds. The van der Waals surface area contributed by atoms with E-state index in [-0.39, 0.29) is 18.4 Å². The van der Waals surface area contributed by atoms with E-state index in [4.69, 9.17) is 16.3 Å². The van der Waals surface area contributed by atoms with Crippen molar-refractivity contribution in [1.82, 2.24) is 25.2 Å². The minimum Gasteiger partial charge on any atom is -0.378 e. The van der Waals surface area contributed by atoms with E-state index in [9.17, 15) is 9.59 Å². The van der Waals surface area contributed by atoms with Crippen molar-refractivity contribution < 1.29 is 14.3 Å². The molecule has 1 aliphatic heterocycles. The summed E-state index contributed by atoms with van der Waals surface area (Å²) in [7, 11) is 1.57. The molecule has 0 bridgehead atoms. The molecular formula is C18H22ClN5O3. The highest BCUT2D eigenvalue weighted by Gasteiger charge is 2.34. The Bertz CT molecular complexity index is 793. The van der Waals surface area contributed by atoms with Crippen LogP contribution in [0.4, 0.5) is 0 Å². The van der Waals surface area contributed by atoms with E-state index >= 15 is 0 Å². The Labute approximate surface area is 162 Å². The van der Waals surface area contributed by atoms with Crippen molar-refractivity contribution in [2.75, 3.05) is 13.7 Å². The van der Waals surface area contributed by atoms with E-state index in [1.165, 1.54) is 4.68 Å². The van der Waals surface area contributed by atoms with Gasteiger partial charge in [-0.05, 0) is 30.5 Å². The van der Waals surface area contributed by atoms with Gasteiger partial charge in [-0.3, -0.25) is 9.59 Å². The van der Waals surface area contributed by atoms with Crippen LogP contribution in [0.1, 0.15) is 24.1 Å². The lowest BCUT2D eigenvalue weighted by molar-refractivity contribution is -0.139. The van der Waals surface area contributed by atoms with E-state index in [2.05, 4.69) is 15.6 Å². The van der Waals surface area contributed by atoms with E-state index in [0.29, 0.717) is 36.8 Å². The number of aromatic nitrogens is 3. The molecule has 1 saturated heterocycles. The first-order valence-electron chi connectivity index (χ1n) is 8.76. The van der Waals surface area contributed by atoms with Gasteiger partial charge in [0.15, 0.2) is 0 Å². The summed E-state index contributed by atoms with van der Waals surface area (Å²) in [4.78, 5) is 26.8. The van der Waals surface area contributed by atoms with Gasteiger partial charge in [0.2, 0.25) is 11.8 Å². The highest BCUT2D eigenvalue weighted by molar-refractivity contribution is 6.30. The summed E-state index contributed by atoms with van der Waals surface area (Å²) in [6.07, 6.45) is 3.13. The summed E-state index contributed by atoms with van der Waals surface area (Å²) in [5.74, 6) is -0.289. The lowest BCUT2D eigenvalue weighted by Gasteiger charge is -2.24. The molecule has 0 spiro atoms. The second-order valence-corrected chi connectivity index (χ2v) is 6.87. The molecule has 0 saturated carbocycles. The first-order chi connectivity index (χ1) is 13.1. The van der Waals surface area contributed by atoms with Crippen molar-refractivity contribution in [1.29, 1.82) is 0 Å². The van der Waals surface area contributed by atoms with Crippen molar-refractivity contribution in [3.05, 3.63) is 46.7 Å². The molecule has 144 valence electrons. The second-order valence-electron chi connectivity index (χ2n) is 6.43. The number of amides is 2. The summed E-state index contributed by atoms with van der Waals surface area (Å²) in [5.41, 5.74) is 1.61. The number of hydrogen-bond donors (Lipinski definition) is 1. The number of benzene rings is 1. The fourth-order valence-electron chi connectivity index (χ4n) is 3.11. The smallest absolute Gasteiger partial charge is 0.245 e. The minimum absolute atomic E-state index is 0.0533. The summed E-state index contributed by atoms with van der Waals surface area (Å²) < 4.78 is 6.46. The van der Waals surface area contributed by atoms with Gasteiger partial charge in [-0.15, -0.1) is 5.10 Å². The molecule has 2 aromatic rings. The third kappa shape index (κ3) is 5.05. The molecule has 1 atom stereocenters. The lowest BCUT2D eigenvalue weighted by atomic mass is 10.2. The first kappa shape index (κ1) is 19.3. The third-order valence-corrected chi connectivity index (χ3v) is 4.68.